The van der Waals surface area contributed by atoms with Gasteiger partial charge in [-0.3, -0.25) is 29.2 Å². The second-order valence-electron chi connectivity index (χ2n) is 19.4. The largest absolute Gasteiger partial charge is 0.508 e. The molecule has 6 heterocycles. The van der Waals surface area contributed by atoms with Crippen LogP contribution in [-0.2, 0) is 52.8 Å². The molecule has 4 aliphatic rings. The normalized spacial score (nSPS) is 22.9. The van der Waals surface area contributed by atoms with Gasteiger partial charge in [0.15, 0.2) is 0 Å². The van der Waals surface area contributed by atoms with Crippen molar-refractivity contribution in [1.82, 2.24) is 30.2 Å². The van der Waals surface area contributed by atoms with E-state index in [0.717, 1.165) is 57.4 Å². The van der Waals surface area contributed by atoms with Gasteiger partial charge in [-0.2, -0.15) is 54.0 Å². The molecule has 4 aromatic rings. The zero-order valence-electron chi connectivity index (χ0n) is 40.5. The van der Waals surface area contributed by atoms with E-state index in [0.29, 0.717) is 50.8 Å². The lowest BCUT2D eigenvalue weighted by molar-refractivity contribution is -0.157. The first-order valence-electron chi connectivity index (χ1n) is 23.0. The third-order valence-electron chi connectivity index (χ3n) is 13.8. The minimum Gasteiger partial charge on any atom is -0.508 e. The number of nitrogens with zero attached hydrogens (tertiary/aromatic N) is 4. The van der Waals surface area contributed by atoms with Gasteiger partial charge in [0.25, 0.3) is 11.8 Å². The molecule has 0 spiro atoms. The molecule has 0 unspecified atom stereocenters. The van der Waals surface area contributed by atoms with Crippen LogP contribution in [-0.4, -0.2) is 105 Å². The summed E-state index contributed by atoms with van der Waals surface area (Å²) in [5, 5.41) is 16.8. The van der Waals surface area contributed by atoms with Gasteiger partial charge in [-0.15, -0.1) is 0 Å². The highest BCUT2D eigenvalue weighted by Gasteiger charge is 2.54. The van der Waals surface area contributed by atoms with Crippen LogP contribution in [0.3, 0.4) is 0 Å². The Balaban J connectivity index is 0.00000252. The number of benzene rings is 2. The first-order valence-corrected chi connectivity index (χ1v) is 23.0. The van der Waals surface area contributed by atoms with E-state index in [1.807, 2.05) is 39.0 Å². The van der Waals surface area contributed by atoms with Crippen LogP contribution in [0, 0.1) is 11.3 Å². The number of phenols is 1. The third-order valence-corrected chi connectivity index (χ3v) is 13.8. The number of aromatic nitrogens is 2. The fourth-order valence-corrected chi connectivity index (χ4v) is 10.6. The van der Waals surface area contributed by atoms with E-state index in [1.165, 1.54) is 9.91 Å². The number of carbonyl (C=O) groups excluding carboxylic acids is 4. The van der Waals surface area contributed by atoms with Gasteiger partial charge in [0, 0.05) is 61.7 Å². The maximum Gasteiger partial charge on any atom is 0.324 e. The molecule has 18 heteroatoms. The number of aromatic hydroxyl groups is 1. The van der Waals surface area contributed by atoms with Gasteiger partial charge in [-0.25, -0.2) is 5.43 Å². The maximum absolute atomic E-state index is 14.7. The SMILES string of the molecule is CCn1c(-c2cccnc2[C@H](C)OC)c2c3cc(ccc31)-c1cc(O)cc(c1)C[C@H](NC(=O)[C@H](C(C)C)N(C)C(=O)C13CCC(CC1)O3)C(=O)N1CCC[C@H](N1)C(=O)OCC(C)(C)C2.S.S.S.S. The highest BCUT2D eigenvalue weighted by atomic mass is 32.1. The van der Waals surface area contributed by atoms with E-state index in [1.54, 1.807) is 32.5 Å². The number of ether oxygens (including phenoxy) is 3. The number of hydrogen-bond donors (Lipinski definition) is 3. The molecule has 3 N–H and O–H groups in total. The summed E-state index contributed by atoms with van der Waals surface area (Å²) < 4.78 is 20.4. The summed E-state index contributed by atoms with van der Waals surface area (Å²) >= 11 is 0. The van der Waals surface area contributed by atoms with Crippen LogP contribution in [0.5, 0.6) is 5.75 Å². The zero-order chi connectivity index (χ0) is 45.7. The van der Waals surface area contributed by atoms with Crippen molar-refractivity contribution in [2.24, 2.45) is 11.3 Å². The lowest BCUT2D eigenvalue weighted by Crippen LogP contribution is -2.62. The number of carbonyl (C=O) groups is 4. The number of nitrogens with one attached hydrogen (secondary N) is 2. The number of fused-ring (bicyclic) bond motifs is 8. The van der Waals surface area contributed by atoms with E-state index in [2.05, 4.69) is 54.3 Å². The molecular formula is C50H72N6O8S4. The van der Waals surface area contributed by atoms with Gasteiger partial charge in [-0.05, 0) is 123 Å². The van der Waals surface area contributed by atoms with E-state index in [-0.39, 0.29) is 96.8 Å². The molecule has 3 fully saturated rings. The summed E-state index contributed by atoms with van der Waals surface area (Å²) in [4.78, 5) is 63.5. The average Bonchev–Trinajstić information content (AvgIpc) is 3.99. The molecule has 3 amide bonds. The predicted molar refractivity (Wildman–Crippen MR) is 284 cm³/mol. The van der Waals surface area contributed by atoms with Gasteiger partial charge >= 0.3 is 5.97 Å². The summed E-state index contributed by atoms with van der Waals surface area (Å²) in [5.41, 5.74) is 8.78. The Kier molecular flexibility index (Phi) is 19.1. The lowest BCUT2D eigenvalue weighted by Gasteiger charge is -2.38. The standard InChI is InChI=1S/C50H64N6O8.4H2S/c1-9-55-41-15-14-32-26-37(41)38(44(55)36-12-10-20-51-42(36)30(4)62-8)27-49(5,6)28-63-47(60)39-13-11-21-56(53-39)46(59)40(24-31-22-33(32)25-34(57)23-31)52-45(58)43(29(2)3)54(7)48(61)50-18-16-35(64-50)17-19-50;;;;/h10,12,14-15,20,22-23,25-26,29-30,35,39-40,43,53,57H,9,11,13,16-19,21,24,27-28H2,1-8H3,(H,52,58);4*1H2/t30-,35?,39-,40-,43-,50?;;;;/m0..../s1. The van der Waals surface area contributed by atoms with Crippen LogP contribution in [0.25, 0.3) is 33.3 Å². The first kappa shape index (κ1) is 56.7. The van der Waals surface area contributed by atoms with Crippen LogP contribution in [0.4, 0.5) is 0 Å². The Morgan fingerprint density at radius 1 is 1.01 bits per heavy atom. The molecule has 4 aliphatic heterocycles. The Morgan fingerprint density at radius 2 is 1.74 bits per heavy atom. The lowest BCUT2D eigenvalue weighted by atomic mass is 9.84. The topological polar surface area (TPSA) is 165 Å². The molecule has 4 atom stereocenters. The number of cyclic esters (lactones) is 1. The van der Waals surface area contributed by atoms with Crippen molar-refractivity contribution in [3.8, 4) is 28.1 Å². The Labute approximate surface area is 428 Å². The monoisotopic (exact) mass is 1010 g/mol. The fraction of sp³-hybridized carbons (Fsp3) is 0.540. The number of aryl methyl sites for hydroxylation is 1. The Bertz CT molecular complexity index is 2460. The molecule has 8 bridgehead atoms. The summed E-state index contributed by atoms with van der Waals surface area (Å²) in [5.74, 6) is -1.88. The number of amides is 3. The molecule has 374 valence electrons. The van der Waals surface area contributed by atoms with Crippen LogP contribution >= 0.6 is 54.0 Å². The molecule has 8 rings (SSSR count). The molecule has 2 aromatic carbocycles. The van der Waals surface area contributed by atoms with Gasteiger partial charge in [0.1, 0.15) is 29.5 Å². The van der Waals surface area contributed by atoms with E-state index < -0.39 is 46.9 Å². The van der Waals surface area contributed by atoms with Crippen molar-refractivity contribution in [2.45, 2.75) is 135 Å². The van der Waals surface area contributed by atoms with Crippen molar-refractivity contribution in [3.63, 3.8) is 0 Å². The third kappa shape index (κ3) is 11.2. The molecule has 68 heavy (non-hydrogen) atoms. The number of phenolic OH excluding ortho intramolecular Hbond substituents is 1. The molecular weight excluding hydrogens is 941 g/mol. The highest BCUT2D eigenvalue weighted by molar-refractivity contribution is 7.59. The Morgan fingerprint density at radius 3 is 2.38 bits per heavy atom. The van der Waals surface area contributed by atoms with E-state index in [4.69, 9.17) is 19.2 Å². The molecule has 2 aromatic heterocycles. The second-order valence-corrected chi connectivity index (χ2v) is 19.4. The smallest absolute Gasteiger partial charge is 0.324 e. The Hall–Kier alpha value is -3.91. The number of methoxy groups -OCH3 is 1. The maximum atomic E-state index is 14.7. The molecule has 0 saturated carbocycles. The van der Waals surface area contributed by atoms with Crippen LogP contribution in [0.2, 0.25) is 0 Å². The van der Waals surface area contributed by atoms with E-state index >= 15 is 0 Å². The molecule has 14 nitrogen and oxygen atoms in total. The van der Waals surface area contributed by atoms with Crippen LogP contribution in [0.1, 0.15) is 103 Å². The number of esters is 1. The predicted octanol–water partition coefficient (Wildman–Crippen LogP) is 7.10. The van der Waals surface area contributed by atoms with Crippen molar-refractivity contribution < 1.29 is 38.5 Å². The quantitative estimate of drug-likeness (QED) is 0.148. The van der Waals surface area contributed by atoms with Crippen molar-refractivity contribution >= 4 is 88.6 Å². The summed E-state index contributed by atoms with van der Waals surface area (Å²) in [6.07, 6.45) is 6.02. The molecule has 3 saturated heterocycles. The van der Waals surface area contributed by atoms with Gasteiger partial charge in [-0.1, -0.05) is 39.8 Å². The zero-order valence-corrected chi connectivity index (χ0v) is 44.5. The minimum atomic E-state index is -1.12. The van der Waals surface area contributed by atoms with Gasteiger partial charge in [0.2, 0.25) is 5.91 Å². The number of likely N-dealkylation sites (N-methyl/N-ethyl adjacent to an activating group) is 1. The van der Waals surface area contributed by atoms with Crippen molar-refractivity contribution in [2.75, 3.05) is 27.3 Å². The minimum absolute atomic E-state index is 0. The number of rotatable bonds is 9. The van der Waals surface area contributed by atoms with E-state index in [9.17, 15) is 24.3 Å². The second kappa shape index (κ2) is 22.9. The van der Waals surface area contributed by atoms with Crippen LogP contribution < -0.4 is 10.7 Å². The molecule has 0 radical (unpaired) electrons. The van der Waals surface area contributed by atoms with Crippen molar-refractivity contribution in [1.29, 1.82) is 0 Å². The number of pyridine rings is 1. The van der Waals surface area contributed by atoms with Crippen LogP contribution in [0.15, 0.2) is 54.7 Å². The summed E-state index contributed by atoms with van der Waals surface area (Å²) in [6.45, 7) is 13.1. The number of hydrogen-bond acceptors (Lipinski definition) is 10. The summed E-state index contributed by atoms with van der Waals surface area (Å²) in [7, 11) is 3.32. The number of hydrazine groups is 1. The average molecular weight is 1010 g/mol. The van der Waals surface area contributed by atoms with Crippen molar-refractivity contribution in [3.05, 3.63) is 71.5 Å². The van der Waals surface area contributed by atoms with Gasteiger partial charge in [0.05, 0.1) is 30.2 Å². The summed E-state index contributed by atoms with van der Waals surface area (Å²) in [6, 6.07) is 12.8. The fourth-order valence-electron chi connectivity index (χ4n) is 10.6. The first-order chi connectivity index (χ1) is 30.5. The highest BCUT2D eigenvalue weighted by Crippen LogP contribution is 2.45. The molecule has 0 aliphatic carbocycles. The van der Waals surface area contributed by atoms with Gasteiger partial charge < -0.3 is 34.1 Å².